The highest BCUT2D eigenvalue weighted by Gasteiger charge is 2.42. The zero-order valence-electron chi connectivity index (χ0n) is 13.0. The van der Waals surface area contributed by atoms with Crippen LogP contribution in [0.1, 0.15) is 13.3 Å². The summed E-state index contributed by atoms with van der Waals surface area (Å²) in [6.45, 7) is 5.97. The Hall–Kier alpha value is -1.63. The molecule has 0 N–H and O–H groups in total. The molecule has 3 rings (SSSR count). The van der Waals surface area contributed by atoms with Crippen LogP contribution in [0.15, 0.2) is 0 Å². The van der Waals surface area contributed by atoms with E-state index in [-0.39, 0.29) is 11.8 Å². The van der Waals surface area contributed by atoms with Gasteiger partial charge in [0.25, 0.3) is 0 Å². The summed E-state index contributed by atoms with van der Waals surface area (Å²) in [5, 5.41) is 0. The van der Waals surface area contributed by atoms with Gasteiger partial charge in [-0.1, -0.05) is 6.92 Å². The summed E-state index contributed by atoms with van der Waals surface area (Å²) < 4.78 is 5.19. The minimum atomic E-state index is -0.450. The fraction of sp³-hybridized carbons (Fsp3) is 0.800. The van der Waals surface area contributed by atoms with Gasteiger partial charge in [-0.3, -0.25) is 14.4 Å². The van der Waals surface area contributed by atoms with E-state index in [1.165, 1.54) is 0 Å². The topological polar surface area (TPSA) is 70.2 Å². The van der Waals surface area contributed by atoms with Gasteiger partial charge in [-0.15, -0.1) is 0 Å². The number of piperazine rings is 1. The van der Waals surface area contributed by atoms with Crippen molar-refractivity contribution in [2.75, 3.05) is 52.5 Å². The predicted octanol–water partition coefficient (Wildman–Crippen LogP) is -0.828. The molecule has 122 valence electrons. The Kier molecular flexibility index (Phi) is 4.33. The number of rotatable bonds is 1. The summed E-state index contributed by atoms with van der Waals surface area (Å²) in [6.07, 6.45) is 0.980. The number of nitrogens with zero attached hydrogens (tertiary/aromatic N) is 3. The molecule has 3 aliphatic rings. The van der Waals surface area contributed by atoms with Crippen LogP contribution in [0.25, 0.3) is 0 Å². The number of morpholine rings is 1. The highest BCUT2D eigenvalue weighted by molar-refractivity contribution is 6.34. The van der Waals surface area contributed by atoms with E-state index in [4.69, 9.17) is 4.74 Å². The van der Waals surface area contributed by atoms with E-state index >= 15 is 0 Å². The molecule has 2 saturated heterocycles. The number of carbonyl (C=O) groups is 3. The fourth-order valence-electron chi connectivity index (χ4n) is 3.07. The van der Waals surface area contributed by atoms with Gasteiger partial charge in [0.2, 0.25) is 5.91 Å². The Labute approximate surface area is 130 Å². The lowest BCUT2D eigenvalue weighted by Gasteiger charge is -2.36. The molecule has 0 radical (unpaired) electrons. The number of carbonyl (C=O) groups excluding carboxylic acids is 3. The summed E-state index contributed by atoms with van der Waals surface area (Å²) in [7, 11) is 0. The van der Waals surface area contributed by atoms with Gasteiger partial charge in [0.05, 0.1) is 13.2 Å². The molecule has 0 spiro atoms. The van der Waals surface area contributed by atoms with Crippen LogP contribution in [0.2, 0.25) is 0 Å². The maximum Gasteiger partial charge on any atom is 0.312 e. The van der Waals surface area contributed by atoms with Crippen LogP contribution in [0, 0.1) is 11.8 Å². The molecule has 7 nitrogen and oxygen atoms in total. The van der Waals surface area contributed by atoms with E-state index in [0.29, 0.717) is 58.4 Å². The van der Waals surface area contributed by atoms with Crippen molar-refractivity contribution >= 4 is 17.7 Å². The molecule has 0 aromatic heterocycles. The number of hydrogen-bond donors (Lipinski definition) is 0. The summed E-state index contributed by atoms with van der Waals surface area (Å²) in [4.78, 5) is 41.5. The van der Waals surface area contributed by atoms with Crippen molar-refractivity contribution in [1.29, 1.82) is 0 Å². The zero-order valence-corrected chi connectivity index (χ0v) is 13.0. The largest absolute Gasteiger partial charge is 0.378 e. The van der Waals surface area contributed by atoms with Crippen LogP contribution in [0.5, 0.6) is 0 Å². The highest BCUT2D eigenvalue weighted by atomic mass is 16.5. The third-order valence-corrected chi connectivity index (χ3v) is 4.79. The minimum absolute atomic E-state index is 0.178. The van der Waals surface area contributed by atoms with Crippen molar-refractivity contribution in [3.8, 4) is 0 Å². The Balaban J connectivity index is 1.49. The maximum atomic E-state index is 12.3. The number of hydrogen-bond acceptors (Lipinski definition) is 4. The second-order valence-corrected chi connectivity index (χ2v) is 6.34. The Morgan fingerprint density at radius 1 is 0.818 bits per heavy atom. The summed E-state index contributed by atoms with van der Waals surface area (Å²) in [5.41, 5.74) is 0. The molecule has 3 fully saturated rings. The number of ether oxygens (including phenoxy) is 1. The Morgan fingerprint density at radius 3 is 1.77 bits per heavy atom. The molecule has 0 bridgehead atoms. The van der Waals surface area contributed by atoms with Gasteiger partial charge in [-0.05, 0) is 12.3 Å². The lowest BCUT2D eigenvalue weighted by Crippen LogP contribution is -2.55. The molecular formula is C15H23N3O4. The second-order valence-electron chi connectivity index (χ2n) is 6.34. The molecule has 2 heterocycles. The SMILES string of the molecule is CC1CC1C(=O)N1CCN(C(=O)C(=O)N2CCOCC2)CC1. The van der Waals surface area contributed by atoms with Gasteiger partial charge >= 0.3 is 11.8 Å². The summed E-state index contributed by atoms with van der Waals surface area (Å²) in [5.74, 6) is -0.0147. The molecule has 0 aromatic carbocycles. The van der Waals surface area contributed by atoms with Crippen LogP contribution < -0.4 is 0 Å². The average Bonchev–Trinajstić information content (AvgIpc) is 3.30. The van der Waals surface area contributed by atoms with Crippen LogP contribution in [-0.2, 0) is 19.1 Å². The van der Waals surface area contributed by atoms with Gasteiger partial charge in [0.15, 0.2) is 0 Å². The zero-order chi connectivity index (χ0) is 15.7. The maximum absolute atomic E-state index is 12.3. The molecule has 22 heavy (non-hydrogen) atoms. The molecule has 7 heteroatoms. The van der Waals surface area contributed by atoms with E-state index in [2.05, 4.69) is 6.92 Å². The van der Waals surface area contributed by atoms with Crippen LogP contribution in [0.3, 0.4) is 0 Å². The van der Waals surface area contributed by atoms with E-state index in [1.54, 1.807) is 9.80 Å². The predicted molar refractivity (Wildman–Crippen MR) is 77.8 cm³/mol. The van der Waals surface area contributed by atoms with Crippen molar-refractivity contribution in [3.63, 3.8) is 0 Å². The van der Waals surface area contributed by atoms with Crippen LogP contribution in [0.4, 0.5) is 0 Å². The molecule has 2 aliphatic heterocycles. The van der Waals surface area contributed by atoms with Crippen molar-refractivity contribution in [2.45, 2.75) is 13.3 Å². The van der Waals surface area contributed by atoms with Crippen molar-refractivity contribution in [1.82, 2.24) is 14.7 Å². The first-order valence-corrected chi connectivity index (χ1v) is 8.02. The average molecular weight is 309 g/mol. The molecule has 1 aliphatic carbocycles. The van der Waals surface area contributed by atoms with E-state index in [0.717, 1.165) is 6.42 Å². The van der Waals surface area contributed by atoms with Crippen molar-refractivity contribution in [3.05, 3.63) is 0 Å². The van der Waals surface area contributed by atoms with Crippen LogP contribution in [-0.4, -0.2) is 84.9 Å². The second kappa shape index (κ2) is 6.24. The van der Waals surface area contributed by atoms with E-state index < -0.39 is 11.8 Å². The molecule has 1 saturated carbocycles. The smallest absolute Gasteiger partial charge is 0.312 e. The monoisotopic (exact) mass is 309 g/mol. The first kappa shape index (κ1) is 15.3. The third kappa shape index (κ3) is 3.09. The molecule has 2 atom stereocenters. The van der Waals surface area contributed by atoms with Gasteiger partial charge in [-0.25, -0.2) is 0 Å². The fourth-order valence-corrected chi connectivity index (χ4v) is 3.07. The molecule has 3 amide bonds. The molecular weight excluding hydrogens is 286 g/mol. The molecule has 2 unspecified atom stereocenters. The van der Waals surface area contributed by atoms with Gasteiger partial charge in [0, 0.05) is 45.2 Å². The molecule has 0 aromatic rings. The summed E-state index contributed by atoms with van der Waals surface area (Å²) >= 11 is 0. The quantitative estimate of drug-likeness (QED) is 0.593. The van der Waals surface area contributed by atoms with Gasteiger partial charge in [-0.2, -0.15) is 0 Å². The summed E-state index contributed by atoms with van der Waals surface area (Å²) in [6, 6.07) is 0. The third-order valence-electron chi connectivity index (χ3n) is 4.79. The normalized spacial score (nSPS) is 28.5. The highest BCUT2D eigenvalue weighted by Crippen LogP contribution is 2.39. The minimum Gasteiger partial charge on any atom is -0.378 e. The van der Waals surface area contributed by atoms with Crippen molar-refractivity contribution in [2.24, 2.45) is 11.8 Å². The van der Waals surface area contributed by atoms with Gasteiger partial charge in [0.1, 0.15) is 0 Å². The van der Waals surface area contributed by atoms with Gasteiger partial charge < -0.3 is 19.4 Å². The van der Waals surface area contributed by atoms with E-state index in [1.807, 2.05) is 4.90 Å². The first-order chi connectivity index (χ1) is 10.6. The number of amides is 3. The first-order valence-electron chi connectivity index (χ1n) is 8.02. The lowest BCUT2D eigenvalue weighted by atomic mass is 10.2. The standard InChI is InChI=1S/C15H23N3O4/c1-11-10-12(11)13(19)16-2-4-17(5-3-16)14(20)15(21)18-6-8-22-9-7-18/h11-12H,2-10H2,1H3. The Morgan fingerprint density at radius 2 is 1.27 bits per heavy atom. The Bertz CT molecular complexity index is 467. The lowest BCUT2D eigenvalue weighted by molar-refractivity contribution is -0.155. The van der Waals surface area contributed by atoms with Crippen molar-refractivity contribution < 1.29 is 19.1 Å². The van der Waals surface area contributed by atoms with E-state index in [9.17, 15) is 14.4 Å². The van der Waals surface area contributed by atoms with Crippen LogP contribution >= 0.6 is 0 Å².